The topological polar surface area (TPSA) is 38.7 Å². The maximum Gasteiger partial charge on any atom is 0.121 e. The Labute approximate surface area is 109 Å². The summed E-state index contributed by atoms with van der Waals surface area (Å²) in [6, 6.07) is 7.58. The Balaban J connectivity index is 2.47. The Morgan fingerprint density at radius 2 is 1.89 bits per heavy atom. The molecule has 18 heavy (non-hydrogen) atoms. The molecule has 0 aliphatic carbocycles. The molecule has 0 bridgehead atoms. The van der Waals surface area contributed by atoms with Gasteiger partial charge in [-0.1, -0.05) is 12.1 Å². The number of hydrogen-bond donors (Lipinski definition) is 1. The molecule has 1 saturated heterocycles. The zero-order valence-corrected chi connectivity index (χ0v) is 11.8. The van der Waals surface area contributed by atoms with Crippen LogP contribution < -0.4 is 4.74 Å². The first kappa shape index (κ1) is 13.4. The van der Waals surface area contributed by atoms with Gasteiger partial charge in [0.15, 0.2) is 0 Å². The van der Waals surface area contributed by atoms with Crippen molar-refractivity contribution < 1.29 is 14.6 Å². The number of ether oxygens (including phenoxy) is 2. The monoisotopic (exact) mass is 250 g/mol. The first-order valence-electron chi connectivity index (χ1n) is 6.27. The first-order valence-corrected chi connectivity index (χ1v) is 6.27. The lowest BCUT2D eigenvalue weighted by molar-refractivity contribution is -0.129. The van der Waals surface area contributed by atoms with Crippen LogP contribution in [0.1, 0.15) is 39.7 Å². The van der Waals surface area contributed by atoms with E-state index in [1.807, 2.05) is 52.0 Å². The van der Waals surface area contributed by atoms with Gasteiger partial charge in [0.1, 0.15) is 11.4 Å². The van der Waals surface area contributed by atoms with E-state index >= 15 is 0 Å². The van der Waals surface area contributed by atoms with Gasteiger partial charge in [0.25, 0.3) is 0 Å². The van der Waals surface area contributed by atoms with Gasteiger partial charge in [-0.25, -0.2) is 0 Å². The lowest BCUT2D eigenvalue weighted by Gasteiger charge is -2.35. The van der Waals surface area contributed by atoms with Crippen molar-refractivity contribution in [3.63, 3.8) is 0 Å². The van der Waals surface area contributed by atoms with Gasteiger partial charge >= 0.3 is 0 Å². The molecular weight excluding hydrogens is 228 g/mol. The molecule has 2 rings (SSSR count). The van der Waals surface area contributed by atoms with Gasteiger partial charge in [-0.15, -0.1) is 0 Å². The smallest absolute Gasteiger partial charge is 0.121 e. The van der Waals surface area contributed by atoms with Crippen molar-refractivity contribution in [3.05, 3.63) is 29.8 Å². The fraction of sp³-hybridized carbons (Fsp3) is 0.600. The van der Waals surface area contributed by atoms with E-state index in [4.69, 9.17) is 9.47 Å². The molecule has 1 atom stereocenters. The van der Waals surface area contributed by atoms with E-state index < -0.39 is 11.2 Å². The molecule has 0 spiro atoms. The van der Waals surface area contributed by atoms with Crippen LogP contribution in [0.2, 0.25) is 0 Å². The van der Waals surface area contributed by atoms with Crippen LogP contribution in [-0.2, 0) is 10.3 Å². The van der Waals surface area contributed by atoms with Gasteiger partial charge in [-0.2, -0.15) is 0 Å². The van der Waals surface area contributed by atoms with Crippen LogP contribution in [0.4, 0.5) is 0 Å². The molecule has 1 aliphatic rings. The zero-order valence-electron chi connectivity index (χ0n) is 11.8. The highest BCUT2D eigenvalue weighted by atomic mass is 16.5. The second-order valence-electron chi connectivity index (χ2n) is 6.14. The van der Waals surface area contributed by atoms with Crippen molar-refractivity contribution in [2.24, 2.45) is 0 Å². The van der Waals surface area contributed by atoms with Gasteiger partial charge in [0, 0.05) is 6.42 Å². The van der Waals surface area contributed by atoms with Crippen molar-refractivity contribution in [2.45, 2.75) is 50.9 Å². The Morgan fingerprint density at radius 1 is 1.22 bits per heavy atom. The number of methoxy groups -OCH3 is 1. The minimum atomic E-state index is -0.995. The highest BCUT2D eigenvalue weighted by Crippen LogP contribution is 2.51. The van der Waals surface area contributed by atoms with Crippen molar-refractivity contribution in [1.82, 2.24) is 0 Å². The normalized spacial score (nSPS) is 29.2. The van der Waals surface area contributed by atoms with Crippen LogP contribution in [0.15, 0.2) is 24.3 Å². The summed E-state index contributed by atoms with van der Waals surface area (Å²) >= 11 is 0. The van der Waals surface area contributed by atoms with Gasteiger partial charge < -0.3 is 14.6 Å². The van der Waals surface area contributed by atoms with Crippen LogP contribution in [0.25, 0.3) is 0 Å². The van der Waals surface area contributed by atoms with E-state index in [0.717, 1.165) is 11.3 Å². The highest BCUT2D eigenvalue weighted by molar-refractivity contribution is 5.35. The summed E-state index contributed by atoms with van der Waals surface area (Å²) in [7, 11) is 1.63. The first-order chi connectivity index (χ1) is 8.20. The molecule has 1 heterocycles. The largest absolute Gasteiger partial charge is 0.497 e. The van der Waals surface area contributed by atoms with Crippen molar-refractivity contribution in [2.75, 3.05) is 7.11 Å². The highest BCUT2D eigenvalue weighted by Gasteiger charge is 2.57. The Kier molecular flexibility index (Phi) is 2.95. The molecule has 3 nitrogen and oxygen atoms in total. The molecule has 1 unspecified atom stereocenters. The molecule has 1 aromatic rings. The summed E-state index contributed by atoms with van der Waals surface area (Å²) in [6.07, 6.45) is 0.570. The average molecular weight is 250 g/mol. The van der Waals surface area contributed by atoms with Gasteiger partial charge in [-0.3, -0.25) is 0 Å². The third-order valence-corrected chi connectivity index (χ3v) is 3.76. The van der Waals surface area contributed by atoms with Crippen molar-refractivity contribution >= 4 is 0 Å². The average Bonchev–Trinajstić information content (AvgIpc) is 2.43. The molecule has 100 valence electrons. The van der Waals surface area contributed by atoms with Crippen LogP contribution in [-0.4, -0.2) is 23.4 Å². The molecule has 1 fully saturated rings. The Bertz CT molecular complexity index is 451. The van der Waals surface area contributed by atoms with Crippen LogP contribution in [0, 0.1) is 0 Å². The lowest BCUT2D eigenvalue weighted by Crippen LogP contribution is -2.43. The molecule has 0 amide bonds. The van der Waals surface area contributed by atoms with Gasteiger partial charge in [0.05, 0.1) is 18.3 Å². The minimum Gasteiger partial charge on any atom is -0.497 e. The van der Waals surface area contributed by atoms with E-state index in [2.05, 4.69) is 0 Å². The van der Waals surface area contributed by atoms with E-state index in [0.29, 0.717) is 6.42 Å². The number of benzene rings is 1. The lowest BCUT2D eigenvalue weighted by atomic mass is 9.77. The second kappa shape index (κ2) is 3.97. The molecule has 1 aliphatic heterocycles. The molecule has 0 saturated carbocycles. The van der Waals surface area contributed by atoms with E-state index in [-0.39, 0.29) is 5.60 Å². The summed E-state index contributed by atoms with van der Waals surface area (Å²) in [5.41, 5.74) is -1.10. The van der Waals surface area contributed by atoms with Crippen molar-refractivity contribution in [1.29, 1.82) is 0 Å². The standard InChI is InChI=1S/C15H22O3/c1-13(2)10-15(16,14(3,4)18-13)11-7-6-8-12(9-11)17-5/h6-9,16H,10H2,1-5H3. The summed E-state index contributed by atoms with van der Waals surface area (Å²) in [5, 5.41) is 11.1. The summed E-state index contributed by atoms with van der Waals surface area (Å²) in [4.78, 5) is 0. The van der Waals surface area contributed by atoms with E-state index in [1.165, 1.54) is 0 Å². The maximum absolute atomic E-state index is 11.1. The quantitative estimate of drug-likeness (QED) is 0.877. The fourth-order valence-corrected chi connectivity index (χ4v) is 2.97. The van der Waals surface area contributed by atoms with E-state index in [9.17, 15) is 5.11 Å². The van der Waals surface area contributed by atoms with Crippen LogP contribution in [0.3, 0.4) is 0 Å². The summed E-state index contributed by atoms with van der Waals surface area (Å²) < 4.78 is 11.2. The fourth-order valence-electron chi connectivity index (χ4n) is 2.97. The molecule has 1 aromatic carbocycles. The summed E-state index contributed by atoms with van der Waals surface area (Å²) in [5.74, 6) is 0.751. The number of rotatable bonds is 2. The van der Waals surface area contributed by atoms with Crippen LogP contribution in [0.5, 0.6) is 5.75 Å². The number of aliphatic hydroxyl groups is 1. The van der Waals surface area contributed by atoms with Gasteiger partial charge in [0.2, 0.25) is 0 Å². The van der Waals surface area contributed by atoms with Crippen LogP contribution >= 0.6 is 0 Å². The predicted molar refractivity (Wildman–Crippen MR) is 70.8 cm³/mol. The molecule has 0 radical (unpaired) electrons. The second-order valence-corrected chi connectivity index (χ2v) is 6.14. The van der Waals surface area contributed by atoms with Crippen molar-refractivity contribution in [3.8, 4) is 5.75 Å². The minimum absolute atomic E-state index is 0.332. The number of hydrogen-bond acceptors (Lipinski definition) is 3. The summed E-state index contributed by atoms with van der Waals surface area (Å²) in [6.45, 7) is 7.88. The Hall–Kier alpha value is -1.06. The zero-order chi connectivity index (χ0) is 13.6. The third kappa shape index (κ3) is 2.02. The third-order valence-electron chi connectivity index (χ3n) is 3.76. The maximum atomic E-state index is 11.1. The Morgan fingerprint density at radius 3 is 2.39 bits per heavy atom. The molecule has 0 aromatic heterocycles. The van der Waals surface area contributed by atoms with E-state index in [1.54, 1.807) is 7.11 Å². The van der Waals surface area contributed by atoms with Gasteiger partial charge in [-0.05, 0) is 45.4 Å². The SMILES string of the molecule is COc1cccc(C2(O)CC(C)(C)OC2(C)C)c1. The molecular formula is C15H22O3. The predicted octanol–water partition coefficient (Wildman–Crippen LogP) is 2.86. The molecule has 1 N–H and O–H groups in total. The molecule has 3 heteroatoms.